The Balaban J connectivity index is 1.85. The molecule has 28 heavy (non-hydrogen) atoms. The number of hydrogen-bond acceptors (Lipinski definition) is 2. The molecule has 0 fully saturated rings. The Kier molecular flexibility index (Phi) is 5.29. The highest BCUT2D eigenvalue weighted by Crippen LogP contribution is 2.32. The maximum atomic E-state index is 13.0. The summed E-state index contributed by atoms with van der Waals surface area (Å²) in [7, 11) is 0. The third-order valence-electron chi connectivity index (χ3n) is 4.57. The number of carbonyl (C=O) groups excluding carboxylic acids is 1. The van der Waals surface area contributed by atoms with Gasteiger partial charge in [-0.1, -0.05) is 48.5 Å². The fourth-order valence-corrected chi connectivity index (χ4v) is 2.98. The van der Waals surface area contributed by atoms with Crippen LogP contribution >= 0.6 is 0 Å². The van der Waals surface area contributed by atoms with Gasteiger partial charge in [-0.25, -0.2) is 4.79 Å². The van der Waals surface area contributed by atoms with Crippen LogP contribution in [0.15, 0.2) is 66.7 Å². The molecule has 0 spiro atoms. The highest BCUT2D eigenvalue weighted by atomic mass is 19.4. The lowest BCUT2D eigenvalue weighted by atomic mass is 9.91. The van der Waals surface area contributed by atoms with E-state index in [2.05, 4.69) is 10.6 Å². The Labute approximate surface area is 160 Å². The first-order valence-electron chi connectivity index (χ1n) is 8.58. The van der Waals surface area contributed by atoms with Gasteiger partial charge in [-0.3, -0.25) is 0 Å². The van der Waals surface area contributed by atoms with Crippen LogP contribution in [0.1, 0.15) is 18.1 Å². The number of halogens is 3. The van der Waals surface area contributed by atoms with E-state index < -0.39 is 29.9 Å². The quantitative estimate of drug-likeness (QED) is 0.596. The van der Waals surface area contributed by atoms with E-state index in [0.29, 0.717) is 5.69 Å². The normalized spacial score (nSPS) is 13.8. The summed E-state index contributed by atoms with van der Waals surface area (Å²) in [4.78, 5) is 12.5. The molecule has 0 aliphatic carbocycles. The average Bonchev–Trinajstić information content (AvgIpc) is 2.67. The van der Waals surface area contributed by atoms with Gasteiger partial charge in [0.1, 0.15) is 0 Å². The van der Waals surface area contributed by atoms with Crippen LogP contribution in [0.25, 0.3) is 10.8 Å². The second kappa shape index (κ2) is 7.52. The van der Waals surface area contributed by atoms with Crippen LogP contribution in [0.2, 0.25) is 0 Å². The number of aliphatic hydroxyl groups is 1. The van der Waals surface area contributed by atoms with E-state index in [1.807, 2.05) is 30.3 Å². The lowest BCUT2D eigenvalue weighted by Gasteiger charge is -2.30. The molecule has 0 radical (unpaired) electrons. The topological polar surface area (TPSA) is 61.4 Å². The van der Waals surface area contributed by atoms with E-state index in [0.717, 1.165) is 22.9 Å². The Hall–Kier alpha value is -3.06. The summed E-state index contributed by atoms with van der Waals surface area (Å²) in [6, 6.07) is 16.8. The third-order valence-corrected chi connectivity index (χ3v) is 4.57. The number of fused-ring (bicyclic) bond motifs is 1. The average molecular weight is 388 g/mol. The summed E-state index contributed by atoms with van der Waals surface area (Å²) < 4.78 is 39.0. The maximum absolute atomic E-state index is 13.0. The minimum Gasteiger partial charge on any atom is -0.394 e. The zero-order valence-electron chi connectivity index (χ0n) is 15.0. The lowest BCUT2D eigenvalue weighted by Crippen LogP contribution is -2.48. The predicted octanol–water partition coefficient (Wildman–Crippen LogP) is 4.89. The van der Waals surface area contributed by atoms with Crippen molar-refractivity contribution in [3.8, 4) is 0 Å². The van der Waals surface area contributed by atoms with Crippen molar-refractivity contribution in [1.82, 2.24) is 5.32 Å². The molecular weight excluding hydrogens is 369 g/mol. The summed E-state index contributed by atoms with van der Waals surface area (Å²) in [5.41, 5.74) is -1.53. The molecule has 0 aliphatic heterocycles. The summed E-state index contributed by atoms with van der Waals surface area (Å²) >= 11 is 0. The van der Waals surface area contributed by atoms with Gasteiger partial charge in [-0.2, -0.15) is 13.2 Å². The van der Waals surface area contributed by atoms with Crippen molar-refractivity contribution >= 4 is 22.5 Å². The summed E-state index contributed by atoms with van der Waals surface area (Å²) in [6.07, 6.45) is -4.52. The zero-order valence-corrected chi connectivity index (χ0v) is 15.0. The largest absolute Gasteiger partial charge is 0.416 e. The summed E-state index contributed by atoms with van der Waals surface area (Å²) in [5.74, 6) is 0. The number of amides is 2. The van der Waals surface area contributed by atoms with Gasteiger partial charge < -0.3 is 15.7 Å². The van der Waals surface area contributed by atoms with Crippen LogP contribution < -0.4 is 10.6 Å². The maximum Gasteiger partial charge on any atom is 0.416 e. The van der Waals surface area contributed by atoms with E-state index >= 15 is 0 Å². The molecular formula is C21H19F3N2O2. The van der Waals surface area contributed by atoms with Crippen molar-refractivity contribution in [2.45, 2.75) is 18.6 Å². The molecule has 0 saturated carbocycles. The molecule has 3 aromatic carbocycles. The first kappa shape index (κ1) is 19.7. The van der Waals surface area contributed by atoms with Crippen LogP contribution in [0.5, 0.6) is 0 Å². The molecule has 3 aromatic rings. The Bertz CT molecular complexity index is 999. The minimum atomic E-state index is -4.52. The Morgan fingerprint density at radius 2 is 1.61 bits per heavy atom. The minimum absolute atomic E-state index is 0.151. The molecule has 1 atom stereocenters. The van der Waals surface area contributed by atoms with Crippen LogP contribution in [0.3, 0.4) is 0 Å². The number of aliphatic hydroxyl groups excluding tert-OH is 1. The number of carbonyl (C=O) groups is 1. The van der Waals surface area contributed by atoms with Gasteiger partial charge in [0.2, 0.25) is 0 Å². The molecule has 1 unspecified atom stereocenters. The molecule has 3 N–H and O–H groups in total. The lowest BCUT2D eigenvalue weighted by molar-refractivity contribution is -0.137. The van der Waals surface area contributed by atoms with Crippen molar-refractivity contribution < 1.29 is 23.1 Å². The number of rotatable bonds is 4. The van der Waals surface area contributed by atoms with Gasteiger partial charge in [0.05, 0.1) is 23.4 Å². The molecule has 146 valence electrons. The number of urea groups is 1. The van der Waals surface area contributed by atoms with Crippen LogP contribution in [-0.2, 0) is 11.7 Å². The van der Waals surface area contributed by atoms with Gasteiger partial charge in [0.15, 0.2) is 0 Å². The molecule has 7 heteroatoms. The van der Waals surface area contributed by atoms with E-state index in [-0.39, 0.29) is 5.56 Å². The van der Waals surface area contributed by atoms with E-state index in [9.17, 15) is 23.1 Å². The van der Waals surface area contributed by atoms with Crippen LogP contribution in [-0.4, -0.2) is 17.7 Å². The molecule has 4 nitrogen and oxygen atoms in total. The first-order valence-corrected chi connectivity index (χ1v) is 8.58. The molecule has 0 saturated heterocycles. The van der Waals surface area contributed by atoms with Gasteiger partial charge in [-0.15, -0.1) is 0 Å². The Morgan fingerprint density at radius 1 is 0.964 bits per heavy atom. The van der Waals surface area contributed by atoms with Crippen molar-refractivity contribution in [2.75, 3.05) is 11.9 Å². The number of alkyl halides is 3. The third kappa shape index (κ3) is 4.09. The molecule has 2 amide bonds. The van der Waals surface area contributed by atoms with Crippen LogP contribution in [0, 0.1) is 0 Å². The van der Waals surface area contributed by atoms with Crippen molar-refractivity contribution in [3.05, 3.63) is 77.9 Å². The summed E-state index contributed by atoms with van der Waals surface area (Å²) in [5, 5.41) is 16.8. The fourth-order valence-electron chi connectivity index (χ4n) is 2.98. The number of anilines is 1. The van der Waals surface area contributed by atoms with E-state index in [1.54, 1.807) is 12.1 Å². The van der Waals surface area contributed by atoms with E-state index in [4.69, 9.17) is 0 Å². The number of hydrogen-bond donors (Lipinski definition) is 3. The molecule has 0 heterocycles. The fraction of sp³-hybridized carbons (Fsp3) is 0.190. The van der Waals surface area contributed by atoms with Crippen molar-refractivity contribution in [1.29, 1.82) is 0 Å². The second-order valence-electron chi connectivity index (χ2n) is 6.67. The molecule has 0 bridgehead atoms. The highest BCUT2D eigenvalue weighted by molar-refractivity contribution is 6.01. The monoisotopic (exact) mass is 388 g/mol. The molecule has 0 aromatic heterocycles. The van der Waals surface area contributed by atoms with E-state index in [1.165, 1.54) is 19.1 Å². The number of nitrogens with one attached hydrogen (secondary N) is 2. The highest BCUT2D eigenvalue weighted by Gasteiger charge is 2.34. The van der Waals surface area contributed by atoms with Gasteiger partial charge in [-0.05, 0) is 36.1 Å². The first-order chi connectivity index (χ1) is 13.2. The van der Waals surface area contributed by atoms with Gasteiger partial charge in [0, 0.05) is 5.39 Å². The van der Waals surface area contributed by atoms with Crippen LogP contribution in [0.4, 0.5) is 23.7 Å². The SMILES string of the molecule is CC(CO)(NC(=O)Nc1cccc2ccccc12)c1cccc(C(F)(F)F)c1. The predicted molar refractivity (Wildman–Crippen MR) is 102 cm³/mol. The Morgan fingerprint density at radius 3 is 2.32 bits per heavy atom. The summed E-state index contributed by atoms with van der Waals surface area (Å²) in [6.45, 7) is 0.891. The number of benzene rings is 3. The van der Waals surface area contributed by atoms with Gasteiger partial charge in [0.25, 0.3) is 0 Å². The van der Waals surface area contributed by atoms with Crippen molar-refractivity contribution in [2.24, 2.45) is 0 Å². The smallest absolute Gasteiger partial charge is 0.394 e. The standard InChI is InChI=1S/C21H19F3N2O2/c1-20(13-27,15-8-5-9-16(12-15)21(22,23)24)26-19(28)25-18-11-4-7-14-6-2-3-10-17(14)18/h2-12,27H,13H2,1H3,(H2,25,26,28). The molecule has 3 rings (SSSR count). The van der Waals surface area contributed by atoms with Crippen molar-refractivity contribution in [3.63, 3.8) is 0 Å². The second-order valence-corrected chi connectivity index (χ2v) is 6.67. The van der Waals surface area contributed by atoms with Gasteiger partial charge >= 0.3 is 12.2 Å². The zero-order chi connectivity index (χ0) is 20.4. The molecule has 0 aliphatic rings.